The number of esters is 3. The lowest BCUT2D eigenvalue weighted by atomic mass is 10.0. The maximum atomic E-state index is 12.7. The van der Waals surface area contributed by atoms with Gasteiger partial charge >= 0.3 is 17.9 Å². The Morgan fingerprint density at radius 2 is 0.736 bits per heavy atom. The summed E-state index contributed by atoms with van der Waals surface area (Å²) < 4.78 is 16.6. The zero-order chi connectivity index (χ0) is 38.7. The number of carbonyl (C=O) groups is 3. The summed E-state index contributed by atoms with van der Waals surface area (Å²) in [6, 6.07) is 0. The fourth-order valence-corrected chi connectivity index (χ4v) is 6.20. The average Bonchev–Trinajstić information content (AvgIpc) is 3.15. The van der Waals surface area contributed by atoms with Gasteiger partial charge in [-0.1, -0.05) is 186 Å². The summed E-state index contributed by atoms with van der Waals surface area (Å²) in [5.41, 5.74) is 0. The molecule has 0 rings (SSSR count). The van der Waals surface area contributed by atoms with Crippen LogP contribution in [0.2, 0.25) is 0 Å². The van der Waals surface area contributed by atoms with Gasteiger partial charge in [-0.25, -0.2) is 0 Å². The first-order valence-electron chi connectivity index (χ1n) is 22.5. The standard InChI is InChI=1S/C47H84O6/c1-4-7-10-13-16-19-21-23-25-28-31-34-37-40-46(49)52-43-44(42-51-45(48)39-36-33-30-27-18-15-12-9-6-3)53-47(50)41-38-35-32-29-26-24-22-20-17-14-11-8-5-2/h23,25,27,30-31,34,44H,4-22,24,26,28-29,32-33,35-43H2,1-3H3/b25-23-,30-27-,34-31-. The third-order valence-corrected chi connectivity index (χ3v) is 9.63. The van der Waals surface area contributed by atoms with Crippen LogP contribution in [0.25, 0.3) is 0 Å². The molecule has 0 aliphatic rings. The van der Waals surface area contributed by atoms with Crippen molar-refractivity contribution < 1.29 is 28.6 Å². The Labute approximate surface area is 327 Å². The Bertz CT molecular complexity index is 907. The summed E-state index contributed by atoms with van der Waals surface area (Å²) in [5.74, 6) is -1.00. The monoisotopic (exact) mass is 745 g/mol. The maximum Gasteiger partial charge on any atom is 0.306 e. The number of carbonyl (C=O) groups excluding carboxylic acids is 3. The number of hydrogen-bond acceptors (Lipinski definition) is 6. The second kappa shape index (κ2) is 42.4. The SMILES string of the molecule is CCCCCC/C=C\CCCC(=O)OCC(COC(=O)CC/C=C\C/C=C\CCCCCCCC)OC(=O)CCCCCCCCCCCCCCC. The molecule has 1 atom stereocenters. The minimum atomic E-state index is -0.798. The highest BCUT2D eigenvalue weighted by Gasteiger charge is 2.19. The summed E-state index contributed by atoms with van der Waals surface area (Å²) in [6.45, 7) is 6.51. The van der Waals surface area contributed by atoms with Crippen molar-refractivity contribution in [3.05, 3.63) is 36.5 Å². The summed E-state index contributed by atoms with van der Waals surface area (Å²) in [7, 11) is 0. The van der Waals surface area contributed by atoms with Crippen LogP contribution >= 0.6 is 0 Å². The van der Waals surface area contributed by atoms with Gasteiger partial charge in [0.25, 0.3) is 0 Å². The smallest absolute Gasteiger partial charge is 0.306 e. The molecule has 6 heteroatoms. The van der Waals surface area contributed by atoms with Crippen LogP contribution in [0.4, 0.5) is 0 Å². The molecule has 0 aromatic rings. The van der Waals surface area contributed by atoms with Crippen LogP contribution < -0.4 is 0 Å². The number of rotatable bonds is 40. The molecule has 308 valence electrons. The molecule has 0 aromatic carbocycles. The van der Waals surface area contributed by atoms with Crippen molar-refractivity contribution in [1.82, 2.24) is 0 Å². The van der Waals surface area contributed by atoms with E-state index in [2.05, 4.69) is 51.2 Å². The summed E-state index contributed by atoms with van der Waals surface area (Å²) >= 11 is 0. The molecule has 6 nitrogen and oxygen atoms in total. The van der Waals surface area contributed by atoms with Gasteiger partial charge in [0.05, 0.1) is 0 Å². The molecule has 0 N–H and O–H groups in total. The Kier molecular flexibility index (Phi) is 40.5. The van der Waals surface area contributed by atoms with E-state index in [-0.39, 0.29) is 37.5 Å². The van der Waals surface area contributed by atoms with Gasteiger partial charge in [0.2, 0.25) is 0 Å². The Morgan fingerprint density at radius 3 is 1.25 bits per heavy atom. The molecule has 0 aromatic heterocycles. The van der Waals surface area contributed by atoms with Crippen molar-refractivity contribution in [2.75, 3.05) is 13.2 Å². The minimum Gasteiger partial charge on any atom is -0.462 e. The molecule has 0 bridgehead atoms. The van der Waals surface area contributed by atoms with Crippen LogP contribution in [0, 0.1) is 0 Å². The van der Waals surface area contributed by atoms with E-state index in [0.717, 1.165) is 44.9 Å². The van der Waals surface area contributed by atoms with E-state index in [1.54, 1.807) is 0 Å². The van der Waals surface area contributed by atoms with Gasteiger partial charge in [0, 0.05) is 19.3 Å². The maximum absolute atomic E-state index is 12.7. The third-order valence-electron chi connectivity index (χ3n) is 9.63. The zero-order valence-corrected chi connectivity index (χ0v) is 35.0. The summed E-state index contributed by atoms with van der Waals surface area (Å²) in [6.07, 6.45) is 47.2. The summed E-state index contributed by atoms with van der Waals surface area (Å²) in [4.78, 5) is 37.6. The highest BCUT2D eigenvalue weighted by atomic mass is 16.6. The van der Waals surface area contributed by atoms with E-state index in [9.17, 15) is 14.4 Å². The van der Waals surface area contributed by atoms with Crippen LogP contribution in [0.1, 0.15) is 226 Å². The Hall–Kier alpha value is -2.37. The number of ether oxygens (including phenoxy) is 3. The van der Waals surface area contributed by atoms with Crippen LogP contribution in [0.15, 0.2) is 36.5 Å². The fourth-order valence-electron chi connectivity index (χ4n) is 6.20. The molecular weight excluding hydrogens is 661 g/mol. The van der Waals surface area contributed by atoms with E-state index in [1.807, 2.05) is 6.08 Å². The van der Waals surface area contributed by atoms with E-state index in [1.165, 1.54) is 128 Å². The first kappa shape index (κ1) is 50.6. The quantitative estimate of drug-likeness (QED) is 0.0269. The van der Waals surface area contributed by atoms with E-state index in [0.29, 0.717) is 25.7 Å². The predicted octanol–water partition coefficient (Wildman–Crippen LogP) is 14.2. The minimum absolute atomic E-state index is 0.102. The lowest BCUT2D eigenvalue weighted by molar-refractivity contribution is -0.166. The van der Waals surface area contributed by atoms with Crippen molar-refractivity contribution in [2.24, 2.45) is 0 Å². The van der Waals surface area contributed by atoms with Gasteiger partial charge < -0.3 is 14.2 Å². The summed E-state index contributed by atoms with van der Waals surface area (Å²) in [5, 5.41) is 0. The van der Waals surface area contributed by atoms with Crippen molar-refractivity contribution >= 4 is 17.9 Å². The lowest BCUT2D eigenvalue weighted by Crippen LogP contribution is -2.30. The van der Waals surface area contributed by atoms with E-state index < -0.39 is 6.10 Å². The molecule has 0 saturated carbocycles. The Morgan fingerprint density at radius 1 is 0.377 bits per heavy atom. The van der Waals surface area contributed by atoms with Crippen LogP contribution in [0.3, 0.4) is 0 Å². The molecule has 0 amide bonds. The molecular formula is C47H84O6. The van der Waals surface area contributed by atoms with Crippen LogP contribution in [0.5, 0.6) is 0 Å². The lowest BCUT2D eigenvalue weighted by Gasteiger charge is -2.18. The molecule has 0 spiro atoms. The van der Waals surface area contributed by atoms with Crippen molar-refractivity contribution in [3.63, 3.8) is 0 Å². The van der Waals surface area contributed by atoms with Crippen LogP contribution in [-0.4, -0.2) is 37.2 Å². The number of hydrogen-bond donors (Lipinski definition) is 0. The van der Waals surface area contributed by atoms with Gasteiger partial charge in [0.1, 0.15) is 13.2 Å². The molecule has 0 radical (unpaired) electrons. The molecule has 0 aliphatic heterocycles. The molecule has 1 unspecified atom stereocenters. The highest BCUT2D eigenvalue weighted by Crippen LogP contribution is 2.14. The molecule has 0 heterocycles. The average molecular weight is 745 g/mol. The van der Waals surface area contributed by atoms with Crippen molar-refractivity contribution in [3.8, 4) is 0 Å². The predicted molar refractivity (Wildman–Crippen MR) is 224 cm³/mol. The van der Waals surface area contributed by atoms with Crippen molar-refractivity contribution in [2.45, 2.75) is 232 Å². The highest BCUT2D eigenvalue weighted by molar-refractivity contribution is 5.71. The van der Waals surface area contributed by atoms with Gasteiger partial charge in [-0.05, 0) is 57.8 Å². The normalized spacial score (nSPS) is 12.3. The van der Waals surface area contributed by atoms with E-state index >= 15 is 0 Å². The first-order valence-corrected chi connectivity index (χ1v) is 22.5. The molecule has 53 heavy (non-hydrogen) atoms. The van der Waals surface area contributed by atoms with Gasteiger partial charge in [0.15, 0.2) is 6.10 Å². The van der Waals surface area contributed by atoms with Crippen molar-refractivity contribution in [1.29, 1.82) is 0 Å². The first-order chi connectivity index (χ1) is 26.0. The molecule has 0 fully saturated rings. The van der Waals surface area contributed by atoms with E-state index in [4.69, 9.17) is 14.2 Å². The second-order valence-electron chi connectivity index (χ2n) is 15.0. The van der Waals surface area contributed by atoms with Gasteiger partial charge in [-0.3, -0.25) is 14.4 Å². The molecule has 0 saturated heterocycles. The van der Waals surface area contributed by atoms with Gasteiger partial charge in [-0.15, -0.1) is 0 Å². The largest absolute Gasteiger partial charge is 0.462 e. The topological polar surface area (TPSA) is 78.9 Å². The number of unbranched alkanes of at least 4 members (excludes halogenated alkanes) is 23. The molecule has 0 aliphatic carbocycles. The fraction of sp³-hybridized carbons (Fsp3) is 0.809. The Balaban J connectivity index is 4.44. The zero-order valence-electron chi connectivity index (χ0n) is 35.0. The number of allylic oxidation sites excluding steroid dienone is 6. The third kappa shape index (κ3) is 40.6. The van der Waals surface area contributed by atoms with Crippen LogP contribution in [-0.2, 0) is 28.6 Å². The van der Waals surface area contributed by atoms with Gasteiger partial charge in [-0.2, -0.15) is 0 Å². The second-order valence-corrected chi connectivity index (χ2v) is 15.0.